The standard InChI is InChI=1S/C13H12N2O3/c1-15-7-8(6-14)13(16)9-4-11(17-2)12(18-3)5-10(9)15/h4-5,7H,1-3H3. The smallest absolute Gasteiger partial charge is 0.207 e. The van der Waals surface area contributed by atoms with Gasteiger partial charge in [-0.05, 0) is 6.07 Å². The summed E-state index contributed by atoms with van der Waals surface area (Å²) < 4.78 is 12.1. The van der Waals surface area contributed by atoms with Gasteiger partial charge in [0.15, 0.2) is 11.5 Å². The molecule has 0 bridgehead atoms. The van der Waals surface area contributed by atoms with Crippen molar-refractivity contribution in [3.05, 3.63) is 34.1 Å². The molecule has 2 rings (SSSR count). The van der Waals surface area contributed by atoms with Crippen LogP contribution in [0.4, 0.5) is 0 Å². The fraction of sp³-hybridized carbons (Fsp3) is 0.231. The minimum absolute atomic E-state index is 0.109. The van der Waals surface area contributed by atoms with Crippen molar-refractivity contribution < 1.29 is 9.47 Å². The minimum atomic E-state index is -0.299. The average Bonchev–Trinajstić information content (AvgIpc) is 2.41. The van der Waals surface area contributed by atoms with Gasteiger partial charge in [-0.2, -0.15) is 5.26 Å². The maximum absolute atomic E-state index is 12.0. The number of nitrogens with zero attached hydrogens (tertiary/aromatic N) is 2. The summed E-state index contributed by atoms with van der Waals surface area (Å²) in [6, 6.07) is 5.20. The van der Waals surface area contributed by atoms with Crippen LogP contribution >= 0.6 is 0 Å². The number of pyridine rings is 1. The predicted octanol–water partition coefficient (Wildman–Crippen LogP) is 1.43. The normalized spacial score (nSPS) is 10.1. The number of hydrogen-bond acceptors (Lipinski definition) is 4. The number of methoxy groups -OCH3 is 2. The molecule has 0 saturated heterocycles. The Bertz CT molecular complexity index is 711. The van der Waals surface area contributed by atoms with Crippen LogP contribution in [-0.2, 0) is 7.05 Å². The van der Waals surface area contributed by atoms with Gasteiger partial charge in [-0.25, -0.2) is 0 Å². The van der Waals surface area contributed by atoms with Crippen LogP contribution in [0, 0.1) is 11.3 Å². The van der Waals surface area contributed by atoms with Gasteiger partial charge in [-0.1, -0.05) is 0 Å². The van der Waals surface area contributed by atoms with Gasteiger partial charge in [0.05, 0.1) is 25.1 Å². The van der Waals surface area contributed by atoms with E-state index < -0.39 is 0 Å². The third-order valence-corrected chi connectivity index (χ3v) is 2.81. The topological polar surface area (TPSA) is 64.2 Å². The second kappa shape index (κ2) is 4.41. The van der Waals surface area contributed by atoms with Crippen LogP contribution in [-0.4, -0.2) is 18.8 Å². The number of rotatable bonds is 2. The van der Waals surface area contributed by atoms with Gasteiger partial charge < -0.3 is 14.0 Å². The summed E-state index contributed by atoms with van der Waals surface area (Å²) in [6.07, 6.45) is 1.51. The van der Waals surface area contributed by atoms with Gasteiger partial charge in [-0.15, -0.1) is 0 Å². The van der Waals surface area contributed by atoms with Crippen LogP contribution < -0.4 is 14.9 Å². The van der Waals surface area contributed by atoms with Crippen molar-refractivity contribution in [3.63, 3.8) is 0 Å². The summed E-state index contributed by atoms with van der Waals surface area (Å²) in [4.78, 5) is 12.0. The summed E-state index contributed by atoms with van der Waals surface area (Å²) in [6.45, 7) is 0. The lowest BCUT2D eigenvalue weighted by atomic mass is 10.1. The Kier molecular flexibility index (Phi) is 2.94. The highest BCUT2D eigenvalue weighted by atomic mass is 16.5. The van der Waals surface area contributed by atoms with Crippen molar-refractivity contribution in [1.82, 2.24) is 4.57 Å². The predicted molar refractivity (Wildman–Crippen MR) is 67.0 cm³/mol. The highest BCUT2D eigenvalue weighted by Crippen LogP contribution is 2.30. The largest absolute Gasteiger partial charge is 0.493 e. The molecule has 1 aromatic heterocycles. The lowest BCUT2D eigenvalue weighted by Gasteiger charge is -2.11. The van der Waals surface area contributed by atoms with Gasteiger partial charge >= 0.3 is 0 Å². The fourth-order valence-electron chi connectivity index (χ4n) is 1.89. The van der Waals surface area contributed by atoms with Crippen LogP contribution in [0.3, 0.4) is 0 Å². The molecule has 0 aliphatic carbocycles. The second-order valence-corrected chi connectivity index (χ2v) is 3.82. The van der Waals surface area contributed by atoms with Crippen LogP contribution in [0.15, 0.2) is 23.1 Å². The molecule has 5 nitrogen and oxygen atoms in total. The summed E-state index contributed by atoms with van der Waals surface area (Å²) in [5, 5.41) is 9.35. The van der Waals surface area contributed by atoms with Gasteiger partial charge in [0.25, 0.3) is 0 Å². The van der Waals surface area contributed by atoms with Crippen molar-refractivity contribution in [2.75, 3.05) is 14.2 Å². The van der Waals surface area contributed by atoms with E-state index in [0.29, 0.717) is 22.4 Å². The molecule has 0 aliphatic heterocycles. The van der Waals surface area contributed by atoms with E-state index in [1.54, 1.807) is 23.7 Å². The molecule has 0 unspecified atom stereocenters. The molecule has 18 heavy (non-hydrogen) atoms. The summed E-state index contributed by atoms with van der Waals surface area (Å²) in [5.74, 6) is 1.02. The molecule has 0 radical (unpaired) electrons. The van der Waals surface area contributed by atoms with E-state index in [1.807, 2.05) is 6.07 Å². The summed E-state index contributed by atoms with van der Waals surface area (Å²) in [7, 11) is 4.81. The molecule has 0 amide bonds. The highest BCUT2D eigenvalue weighted by molar-refractivity contribution is 5.84. The number of ether oxygens (including phenoxy) is 2. The molecule has 1 heterocycles. The molecule has 0 spiro atoms. The van der Waals surface area contributed by atoms with Crippen LogP contribution in [0.25, 0.3) is 10.9 Å². The first kappa shape index (κ1) is 12.0. The van der Waals surface area contributed by atoms with E-state index in [4.69, 9.17) is 14.7 Å². The number of aromatic nitrogens is 1. The molecule has 0 saturated carbocycles. The van der Waals surface area contributed by atoms with Crippen molar-refractivity contribution in [3.8, 4) is 17.6 Å². The highest BCUT2D eigenvalue weighted by Gasteiger charge is 2.12. The quantitative estimate of drug-likeness (QED) is 0.801. The molecule has 92 valence electrons. The Hall–Kier alpha value is -2.48. The van der Waals surface area contributed by atoms with E-state index >= 15 is 0 Å². The molecular formula is C13H12N2O3. The minimum Gasteiger partial charge on any atom is -0.493 e. The van der Waals surface area contributed by atoms with Gasteiger partial charge in [-0.3, -0.25) is 4.79 Å². The first-order valence-corrected chi connectivity index (χ1v) is 5.27. The average molecular weight is 244 g/mol. The van der Waals surface area contributed by atoms with Crippen molar-refractivity contribution >= 4 is 10.9 Å². The molecule has 1 aromatic carbocycles. The Morgan fingerprint density at radius 3 is 2.39 bits per heavy atom. The third-order valence-electron chi connectivity index (χ3n) is 2.81. The van der Waals surface area contributed by atoms with Gasteiger partial charge in [0, 0.05) is 19.3 Å². The van der Waals surface area contributed by atoms with E-state index in [9.17, 15) is 4.79 Å². The summed E-state index contributed by atoms with van der Waals surface area (Å²) in [5.41, 5.74) is 0.500. The zero-order valence-corrected chi connectivity index (χ0v) is 10.4. The van der Waals surface area contributed by atoms with Crippen molar-refractivity contribution in [2.24, 2.45) is 7.05 Å². The maximum atomic E-state index is 12.0. The number of benzene rings is 1. The molecule has 5 heteroatoms. The monoisotopic (exact) mass is 244 g/mol. The number of fused-ring (bicyclic) bond motifs is 1. The Labute approximate surface area is 104 Å². The van der Waals surface area contributed by atoms with E-state index in [1.165, 1.54) is 20.4 Å². The van der Waals surface area contributed by atoms with Crippen LogP contribution in [0.1, 0.15) is 5.56 Å². The zero-order valence-electron chi connectivity index (χ0n) is 10.4. The lowest BCUT2D eigenvalue weighted by Crippen LogP contribution is -2.11. The molecule has 0 atom stereocenters. The third kappa shape index (κ3) is 1.68. The first-order valence-electron chi connectivity index (χ1n) is 5.27. The van der Waals surface area contributed by atoms with Crippen LogP contribution in [0.2, 0.25) is 0 Å². The Morgan fingerprint density at radius 2 is 1.83 bits per heavy atom. The maximum Gasteiger partial charge on any atom is 0.207 e. The second-order valence-electron chi connectivity index (χ2n) is 3.82. The molecule has 0 fully saturated rings. The lowest BCUT2D eigenvalue weighted by molar-refractivity contribution is 0.355. The van der Waals surface area contributed by atoms with Crippen LogP contribution in [0.5, 0.6) is 11.5 Å². The van der Waals surface area contributed by atoms with Gasteiger partial charge in [0.2, 0.25) is 5.43 Å². The van der Waals surface area contributed by atoms with E-state index in [0.717, 1.165) is 0 Å². The number of nitriles is 1. The Balaban J connectivity index is 2.94. The van der Waals surface area contributed by atoms with Crippen molar-refractivity contribution in [1.29, 1.82) is 5.26 Å². The Morgan fingerprint density at radius 1 is 1.22 bits per heavy atom. The molecular weight excluding hydrogens is 232 g/mol. The fourth-order valence-corrected chi connectivity index (χ4v) is 1.89. The molecule has 0 aliphatic rings. The van der Waals surface area contributed by atoms with Crippen molar-refractivity contribution in [2.45, 2.75) is 0 Å². The summed E-state index contributed by atoms with van der Waals surface area (Å²) >= 11 is 0. The zero-order chi connectivity index (χ0) is 13.3. The molecule has 0 N–H and O–H groups in total. The van der Waals surface area contributed by atoms with E-state index in [2.05, 4.69) is 0 Å². The SMILES string of the molecule is COc1cc2c(=O)c(C#N)cn(C)c2cc1OC. The number of aryl methyl sites for hydroxylation is 1. The van der Waals surface area contributed by atoms with Gasteiger partial charge in [0.1, 0.15) is 11.6 Å². The first-order chi connectivity index (χ1) is 8.62. The van der Waals surface area contributed by atoms with E-state index in [-0.39, 0.29) is 11.0 Å². The number of hydrogen-bond donors (Lipinski definition) is 0. The molecule has 2 aromatic rings.